The zero-order valence-electron chi connectivity index (χ0n) is 9.88. The zero-order valence-corrected chi connectivity index (χ0v) is 11.4. The van der Waals surface area contributed by atoms with Crippen LogP contribution < -0.4 is 4.72 Å². The van der Waals surface area contributed by atoms with Crippen molar-refractivity contribution in [3.63, 3.8) is 0 Å². The topological polar surface area (TPSA) is 66.4 Å². The second-order valence-corrected chi connectivity index (χ2v) is 6.04. The van der Waals surface area contributed by atoms with Gasteiger partial charge in [-0.2, -0.15) is 0 Å². The van der Waals surface area contributed by atoms with E-state index in [9.17, 15) is 8.42 Å². The van der Waals surface area contributed by atoms with E-state index in [0.29, 0.717) is 16.3 Å². The summed E-state index contributed by atoms with van der Waals surface area (Å²) in [6.07, 6.45) is 0. The predicted molar refractivity (Wildman–Crippen MR) is 74.6 cm³/mol. The molecule has 2 rings (SSSR count). The monoisotopic (exact) mass is 297 g/mol. The molecule has 0 saturated carbocycles. The second kappa shape index (κ2) is 5.61. The smallest absolute Gasteiger partial charge is 0.261 e. The first-order valence-electron chi connectivity index (χ1n) is 5.49. The van der Waals surface area contributed by atoms with Gasteiger partial charge >= 0.3 is 0 Å². The molecule has 0 aliphatic rings. The van der Waals surface area contributed by atoms with E-state index in [1.165, 1.54) is 12.1 Å². The van der Waals surface area contributed by atoms with Crippen molar-refractivity contribution in [3.8, 4) is 0 Å². The summed E-state index contributed by atoms with van der Waals surface area (Å²) >= 11 is 5.77. The number of halogens is 1. The standard InChI is InChI=1S/C13H12ClNO3S/c14-11-2-1-3-13(8-11)19(17,18)15-12-6-4-10(9-16)5-7-12/h1-8,15-16H,9H2. The van der Waals surface area contributed by atoms with Crippen LogP contribution in [0.1, 0.15) is 5.56 Å². The minimum Gasteiger partial charge on any atom is -0.392 e. The number of rotatable bonds is 4. The second-order valence-electron chi connectivity index (χ2n) is 3.92. The molecular weight excluding hydrogens is 286 g/mol. The molecule has 0 aliphatic heterocycles. The molecule has 0 amide bonds. The number of anilines is 1. The van der Waals surface area contributed by atoms with Gasteiger partial charge in [-0.05, 0) is 35.9 Å². The Morgan fingerprint density at radius 3 is 2.37 bits per heavy atom. The number of hydrogen-bond acceptors (Lipinski definition) is 3. The van der Waals surface area contributed by atoms with Crippen molar-refractivity contribution in [1.82, 2.24) is 0 Å². The van der Waals surface area contributed by atoms with Gasteiger partial charge in [-0.3, -0.25) is 4.72 Å². The molecule has 0 unspecified atom stereocenters. The summed E-state index contributed by atoms with van der Waals surface area (Å²) in [6, 6.07) is 12.5. The largest absolute Gasteiger partial charge is 0.392 e. The third kappa shape index (κ3) is 3.47. The quantitative estimate of drug-likeness (QED) is 0.911. The lowest BCUT2D eigenvalue weighted by atomic mass is 10.2. The highest BCUT2D eigenvalue weighted by atomic mass is 35.5. The predicted octanol–water partition coefficient (Wildman–Crippen LogP) is 2.63. The summed E-state index contributed by atoms with van der Waals surface area (Å²) < 4.78 is 26.6. The minimum absolute atomic E-state index is 0.0820. The molecule has 4 nitrogen and oxygen atoms in total. The van der Waals surface area contributed by atoms with Crippen LogP contribution in [0.2, 0.25) is 5.02 Å². The Kier molecular flexibility index (Phi) is 4.09. The normalized spacial score (nSPS) is 11.3. The number of aliphatic hydroxyl groups is 1. The first-order valence-corrected chi connectivity index (χ1v) is 7.35. The molecule has 0 aliphatic carbocycles. The number of nitrogens with one attached hydrogen (secondary N) is 1. The van der Waals surface area contributed by atoms with Crippen LogP contribution in [0.5, 0.6) is 0 Å². The molecule has 0 fully saturated rings. The summed E-state index contributed by atoms with van der Waals surface area (Å²) in [6.45, 7) is -0.0820. The lowest BCUT2D eigenvalue weighted by Gasteiger charge is -2.08. The van der Waals surface area contributed by atoms with Crippen LogP contribution in [0.15, 0.2) is 53.4 Å². The van der Waals surface area contributed by atoms with Gasteiger partial charge in [0, 0.05) is 10.7 Å². The van der Waals surface area contributed by atoms with E-state index in [0.717, 1.165) is 0 Å². The molecule has 2 N–H and O–H groups in total. The molecule has 100 valence electrons. The molecule has 6 heteroatoms. The van der Waals surface area contributed by atoms with Crippen LogP contribution in [0.25, 0.3) is 0 Å². The maximum Gasteiger partial charge on any atom is 0.261 e. The minimum atomic E-state index is -3.65. The number of hydrogen-bond donors (Lipinski definition) is 2. The van der Waals surface area contributed by atoms with Gasteiger partial charge in [-0.25, -0.2) is 8.42 Å². The molecule has 0 saturated heterocycles. The Bertz CT molecular complexity index is 669. The summed E-state index contributed by atoms with van der Waals surface area (Å²) in [7, 11) is -3.65. The SMILES string of the molecule is O=S(=O)(Nc1ccc(CO)cc1)c1cccc(Cl)c1. The summed E-state index contributed by atoms with van der Waals surface area (Å²) in [5.41, 5.74) is 1.14. The lowest BCUT2D eigenvalue weighted by Crippen LogP contribution is -2.12. The maximum atomic E-state index is 12.1. The van der Waals surface area contributed by atoms with Crippen molar-refractivity contribution < 1.29 is 13.5 Å². The average Bonchev–Trinajstić information content (AvgIpc) is 2.39. The molecule has 0 radical (unpaired) electrons. The van der Waals surface area contributed by atoms with Crippen molar-refractivity contribution in [2.75, 3.05) is 4.72 Å². The summed E-state index contributed by atoms with van der Waals surface area (Å²) in [4.78, 5) is 0.103. The van der Waals surface area contributed by atoms with Crippen LogP contribution in [0.4, 0.5) is 5.69 Å². The molecule has 0 atom stereocenters. The lowest BCUT2D eigenvalue weighted by molar-refractivity contribution is 0.282. The Morgan fingerprint density at radius 1 is 1.11 bits per heavy atom. The fraction of sp³-hybridized carbons (Fsp3) is 0.0769. The van der Waals surface area contributed by atoms with E-state index in [2.05, 4.69) is 4.72 Å². The van der Waals surface area contributed by atoms with Crippen molar-refractivity contribution in [2.24, 2.45) is 0 Å². The zero-order chi connectivity index (χ0) is 13.9. The summed E-state index contributed by atoms with van der Waals surface area (Å²) in [5.74, 6) is 0. The first-order chi connectivity index (χ1) is 9.01. The first kappa shape index (κ1) is 13.9. The highest BCUT2D eigenvalue weighted by molar-refractivity contribution is 7.92. The Morgan fingerprint density at radius 2 is 1.79 bits per heavy atom. The van der Waals surface area contributed by atoms with Gasteiger partial charge in [0.1, 0.15) is 0 Å². The van der Waals surface area contributed by atoms with Gasteiger partial charge in [-0.15, -0.1) is 0 Å². The molecule has 0 bridgehead atoms. The number of aliphatic hydroxyl groups excluding tert-OH is 1. The maximum absolute atomic E-state index is 12.1. The van der Waals surface area contributed by atoms with E-state index < -0.39 is 10.0 Å². The Labute approximate surface area is 116 Å². The van der Waals surface area contributed by atoms with Crippen LogP contribution in [-0.2, 0) is 16.6 Å². The summed E-state index contributed by atoms with van der Waals surface area (Å²) in [5, 5.41) is 9.28. The molecule has 0 spiro atoms. The third-order valence-electron chi connectivity index (χ3n) is 2.50. The van der Waals surface area contributed by atoms with Gasteiger partial charge in [0.05, 0.1) is 11.5 Å². The Hall–Kier alpha value is -1.56. The molecule has 2 aromatic rings. The molecular formula is C13H12ClNO3S. The van der Waals surface area contributed by atoms with Gasteiger partial charge in [0.15, 0.2) is 0 Å². The van der Waals surface area contributed by atoms with Crippen molar-refractivity contribution in [2.45, 2.75) is 11.5 Å². The van der Waals surface area contributed by atoms with Gasteiger partial charge in [0.25, 0.3) is 10.0 Å². The van der Waals surface area contributed by atoms with Crippen molar-refractivity contribution >= 4 is 27.3 Å². The van der Waals surface area contributed by atoms with E-state index in [4.69, 9.17) is 16.7 Å². The fourth-order valence-electron chi connectivity index (χ4n) is 1.53. The van der Waals surface area contributed by atoms with E-state index >= 15 is 0 Å². The fourth-order valence-corrected chi connectivity index (χ4v) is 2.89. The highest BCUT2D eigenvalue weighted by Crippen LogP contribution is 2.19. The van der Waals surface area contributed by atoms with Crippen LogP contribution >= 0.6 is 11.6 Å². The average molecular weight is 298 g/mol. The van der Waals surface area contributed by atoms with E-state index in [1.807, 2.05) is 0 Å². The molecule has 0 heterocycles. The van der Waals surface area contributed by atoms with Crippen LogP contribution in [-0.4, -0.2) is 13.5 Å². The van der Waals surface area contributed by atoms with Gasteiger partial charge in [-0.1, -0.05) is 29.8 Å². The van der Waals surface area contributed by atoms with Gasteiger partial charge in [0.2, 0.25) is 0 Å². The molecule has 2 aromatic carbocycles. The van der Waals surface area contributed by atoms with Crippen molar-refractivity contribution in [1.29, 1.82) is 0 Å². The van der Waals surface area contributed by atoms with Crippen LogP contribution in [0, 0.1) is 0 Å². The van der Waals surface area contributed by atoms with Gasteiger partial charge < -0.3 is 5.11 Å². The van der Waals surface area contributed by atoms with Crippen molar-refractivity contribution in [3.05, 3.63) is 59.1 Å². The third-order valence-corrected chi connectivity index (χ3v) is 4.11. The molecule has 19 heavy (non-hydrogen) atoms. The Balaban J connectivity index is 2.25. The number of benzene rings is 2. The number of sulfonamides is 1. The highest BCUT2D eigenvalue weighted by Gasteiger charge is 2.14. The van der Waals surface area contributed by atoms with E-state index in [1.54, 1.807) is 36.4 Å². The molecule has 0 aromatic heterocycles. The van der Waals surface area contributed by atoms with E-state index in [-0.39, 0.29) is 11.5 Å². The van der Waals surface area contributed by atoms with Crippen LogP contribution in [0.3, 0.4) is 0 Å².